The zero-order chi connectivity index (χ0) is 22.0. The lowest BCUT2D eigenvalue weighted by molar-refractivity contribution is 0.600. The molecular formula is C23H27N5O2S. The van der Waals surface area contributed by atoms with Crippen LogP contribution < -0.4 is 14.9 Å². The molecule has 0 saturated carbocycles. The molecule has 4 rings (SSSR count). The van der Waals surface area contributed by atoms with Gasteiger partial charge in [0.05, 0.1) is 16.8 Å². The second-order valence-electron chi connectivity index (χ2n) is 8.00. The van der Waals surface area contributed by atoms with Crippen LogP contribution in [0.2, 0.25) is 0 Å². The highest BCUT2D eigenvalue weighted by Crippen LogP contribution is 2.25. The molecule has 0 amide bonds. The first-order chi connectivity index (χ1) is 14.8. The minimum atomic E-state index is -3.67. The quantitative estimate of drug-likeness (QED) is 0.588. The highest BCUT2D eigenvalue weighted by molar-refractivity contribution is 7.92. The van der Waals surface area contributed by atoms with Crippen molar-refractivity contribution in [2.45, 2.75) is 38.5 Å². The van der Waals surface area contributed by atoms with Crippen LogP contribution in [0.1, 0.15) is 29.5 Å². The molecule has 0 bridgehead atoms. The van der Waals surface area contributed by atoms with E-state index >= 15 is 0 Å². The van der Waals surface area contributed by atoms with Gasteiger partial charge in [0.1, 0.15) is 0 Å². The fourth-order valence-corrected chi connectivity index (χ4v) is 5.14. The lowest BCUT2D eigenvalue weighted by atomic mass is 10.1. The van der Waals surface area contributed by atoms with Crippen molar-refractivity contribution in [2.75, 3.05) is 28.0 Å². The molecule has 2 N–H and O–H groups in total. The molecule has 1 aliphatic heterocycles. The normalized spacial score (nSPS) is 14.0. The van der Waals surface area contributed by atoms with Gasteiger partial charge in [-0.25, -0.2) is 8.42 Å². The number of nitrogens with zero attached hydrogens (tertiary/aromatic N) is 3. The molecule has 1 aromatic heterocycles. The molecule has 0 spiro atoms. The standard InChI is InChI=1S/C23H27N5O2S/c1-16-12-18(3)22(13-17(16)2)31(29,30)27-20-8-6-19(7-9-20)25-23-14-21(15-24-26-23)28-10-4-5-11-28/h6-9,12-15,27H,4-5,10-11H2,1-3H3,(H,25,26). The fourth-order valence-electron chi connectivity index (χ4n) is 3.77. The summed E-state index contributed by atoms with van der Waals surface area (Å²) in [5.74, 6) is 0.656. The molecule has 3 aromatic rings. The first-order valence-corrected chi connectivity index (χ1v) is 11.9. The molecule has 31 heavy (non-hydrogen) atoms. The van der Waals surface area contributed by atoms with Gasteiger partial charge in [-0.3, -0.25) is 4.72 Å². The van der Waals surface area contributed by atoms with Gasteiger partial charge in [-0.05, 0) is 80.6 Å². The van der Waals surface area contributed by atoms with Gasteiger partial charge < -0.3 is 10.2 Å². The van der Waals surface area contributed by atoms with Crippen LogP contribution in [0, 0.1) is 20.8 Å². The van der Waals surface area contributed by atoms with E-state index in [4.69, 9.17) is 0 Å². The monoisotopic (exact) mass is 437 g/mol. The van der Waals surface area contributed by atoms with E-state index in [0.29, 0.717) is 16.4 Å². The van der Waals surface area contributed by atoms with E-state index in [9.17, 15) is 8.42 Å². The summed E-state index contributed by atoms with van der Waals surface area (Å²) >= 11 is 0. The zero-order valence-corrected chi connectivity index (χ0v) is 18.8. The number of aromatic nitrogens is 2. The van der Waals surface area contributed by atoms with Crippen molar-refractivity contribution in [3.8, 4) is 0 Å². The van der Waals surface area contributed by atoms with Gasteiger partial charge >= 0.3 is 0 Å². The number of sulfonamides is 1. The van der Waals surface area contributed by atoms with Crippen molar-refractivity contribution < 1.29 is 8.42 Å². The highest BCUT2D eigenvalue weighted by Gasteiger charge is 2.18. The minimum Gasteiger partial charge on any atom is -0.370 e. The Bertz CT molecular complexity index is 1190. The van der Waals surface area contributed by atoms with Crippen molar-refractivity contribution in [2.24, 2.45) is 0 Å². The number of rotatable bonds is 6. The van der Waals surface area contributed by atoms with Crippen LogP contribution in [-0.4, -0.2) is 31.7 Å². The maximum absolute atomic E-state index is 12.9. The van der Waals surface area contributed by atoms with E-state index in [1.165, 1.54) is 12.8 Å². The Balaban J connectivity index is 1.47. The van der Waals surface area contributed by atoms with Crippen LogP contribution in [0.5, 0.6) is 0 Å². The molecule has 8 heteroatoms. The van der Waals surface area contributed by atoms with Crippen molar-refractivity contribution in [3.05, 3.63) is 65.4 Å². The van der Waals surface area contributed by atoms with Gasteiger partial charge in [0, 0.05) is 30.5 Å². The fraction of sp³-hybridized carbons (Fsp3) is 0.304. The maximum Gasteiger partial charge on any atom is 0.262 e. The Morgan fingerprint density at radius 1 is 0.871 bits per heavy atom. The molecule has 0 radical (unpaired) electrons. The van der Waals surface area contributed by atoms with Gasteiger partial charge in [0.15, 0.2) is 5.82 Å². The SMILES string of the molecule is Cc1cc(C)c(S(=O)(=O)Nc2ccc(Nc3cc(N4CCCC4)cnn3)cc2)cc1C. The third-order valence-electron chi connectivity index (χ3n) is 5.60. The number of hydrogen-bond donors (Lipinski definition) is 2. The summed E-state index contributed by atoms with van der Waals surface area (Å²) < 4.78 is 28.4. The molecule has 1 aliphatic rings. The molecule has 2 heterocycles. The van der Waals surface area contributed by atoms with Crippen LogP contribution in [0.25, 0.3) is 0 Å². The number of hydrogen-bond acceptors (Lipinski definition) is 6. The predicted molar refractivity (Wildman–Crippen MR) is 125 cm³/mol. The topological polar surface area (TPSA) is 87.2 Å². The molecule has 7 nitrogen and oxygen atoms in total. The number of nitrogens with one attached hydrogen (secondary N) is 2. The van der Waals surface area contributed by atoms with Crippen molar-refractivity contribution in [1.29, 1.82) is 0 Å². The molecule has 1 fully saturated rings. The Hall–Kier alpha value is -3.13. The Morgan fingerprint density at radius 3 is 2.23 bits per heavy atom. The summed E-state index contributed by atoms with van der Waals surface area (Å²) in [6.45, 7) is 7.78. The summed E-state index contributed by atoms with van der Waals surface area (Å²) in [6, 6.07) is 12.7. The highest BCUT2D eigenvalue weighted by atomic mass is 32.2. The van der Waals surface area contributed by atoms with Crippen LogP contribution in [0.3, 0.4) is 0 Å². The average molecular weight is 438 g/mol. The predicted octanol–water partition coefficient (Wildman–Crippen LogP) is 4.55. The van der Waals surface area contributed by atoms with Gasteiger partial charge in [0.2, 0.25) is 0 Å². The molecule has 2 aromatic carbocycles. The Kier molecular flexibility index (Phi) is 5.82. The first kappa shape index (κ1) is 21.1. The summed E-state index contributed by atoms with van der Waals surface area (Å²) in [4.78, 5) is 2.60. The summed E-state index contributed by atoms with van der Waals surface area (Å²) in [6.07, 6.45) is 4.18. The minimum absolute atomic E-state index is 0.298. The van der Waals surface area contributed by atoms with Gasteiger partial charge in [0.25, 0.3) is 10.0 Å². The number of benzene rings is 2. The lowest BCUT2D eigenvalue weighted by Crippen LogP contribution is -2.18. The van der Waals surface area contributed by atoms with Gasteiger partial charge in [-0.1, -0.05) is 6.07 Å². The van der Waals surface area contributed by atoms with Crippen LogP contribution in [-0.2, 0) is 10.0 Å². The average Bonchev–Trinajstić information content (AvgIpc) is 3.27. The second-order valence-corrected chi connectivity index (χ2v) is 9.65. The first-order valence-electron chi connectivity index (χ1n) is 10.4. The zero-order valence-electron chi connectivity index (χ0n) is 18.0. The van der Waals surface area contributed by atoms with Crippen molar-refractivity contribution in [3.63, 3.8) is 0 Å². The lowest BCUT2D eigenvalue weighted by Gasteiger charge is -2.17. The molecule has 1 saturated heterocycles. The third-order valence-corrected chi connectivity index (χ3v) is 7.12. The molecule has 0 atom stereocenters. The molecule has 162 valence electrons. The summed E-state index contributed by atoms with van der Waals surface area (Å²) in [7, 11) is -3.67. The van der Waals surface area contributed by atoms with E-state index < -0.39 is 10.0 Å². The van der Waals surface area contributed by atoms with Crippen LogP contribution in [0.4, 0.5) is 22.9 Å². The summed E-state index contributed by atoms with van der Waals surface area (Å²) in [5.41, 5.74) is 5.11. The maximum atomic E-state index is 12.9. The number of aryl methyl sites for hydroxylation is 3. The van der Waals surface area contributed by atoms with E-state index in [2.05, 4.69) is 25.1 Å². The van der Waals surface area contributed by atoms with Crippen molar-refractivity contribution >= 4 is 32.9 Å². The second kappa shape index (κ2) is 8.55. The molecular weight excluding hydrogens is 410 g/mol. The largest absolute Gasteiger partial charge is 0.370 e. The Morgan fingerprint density at radius 2 is 1.52 bits per heavy atom. The van der Waals surface area contributed by atoms with E-state index in [0.717, 1.165) is 41.2 Å². The van der Waals surface area contributed by atoms with Gasteiger partial charge in [-0.2, -0.15) is 5.10 Å². The molecule has 0 aliphatic carbocycles. The summed E-state index contributed by atoms with van der Waals surface area (Å²) in [5, 5.41) is 11.5. The Labute approximate surface area is 183 Å². The van der Waals surface area contributed by atoms with Crippen molar-refractivity contribution in [1.82, 2.24) is 10.2 Å². The third kappa shape index (κ3) is 4.80. The van der Waals surface area contributed by atoms with Crippen LogP contribution >= 0.6 is 0 Å². The number of anilines is 4. The van der Waals surface area contributed by atoms with Gasteiger partial charge in [-0.15, -0.1) is 5.10 Å². The smallest absolute Gasteiger partial charge is 0.262 e. The van der Waals surface area contributed by atoms with E-state index in [-0.39, 0.29) is 0 Å². The van der Waals surface area contributed by atoms with E-state index in [1.54, 1.807) is 24.4 Å². The van der Waals surface area contributed by atoms with Crippen LogP contribution in [0.15, 0.2) is 53.6 Å². The molecule has 0 unspecified atom stereocenters. The van der Waals surface area contributed by atoms with E-state index in [1.807, 2.05) is 45.0 Å².